The molecule has 1 atom stereocenters. The summed E-state index contributed by atoms with van der Waals surface area (Å²) in [4.78, 5) is 38.5. The number of hydrogen-bond acceptors (Lipinski definition) is 6. The van der Waals surface area contributed by atoms with E-state index in [1.54, 1.807) is 0 Å². The van der Waals surface area contributed by atoms with E-state index in [9.17, 15) is 14.4 Å². The fourth-order valence-corrected chi connectivity index (χ4v) is 10.9. The Bertz CT molecular complexity index is 1400. The third-order valence-corrected chi connectivity index (χ3v) is 16.3. The largest absolute Gasteiger partial charge is 0.462 e. The molecular formula is C75H138O6. The van der Waals surface area contributed by atoms with Crippen molar-refractivity contribution in [1.82, 2.24) is 0 Å². The molecule has 6 heteroatoms. The van der Waals surface area contributed by atoms with Crippen LogP contribution in [0.4, 0.5) is 0 Å². The molecule has 1 unspecified atom stereocenters. The van der Waals surface area contributed by atoms with Gasteiger partial charge in [0.1, 0.15) is 13.2 Å². The monoisotopic (exact) mass is 1140 g/mol. The smallest absolute Gasteiger partial charge is 0.306 e. The zero-order valence-corrected chi connectivity index (χ0v) is 54.6. The van der Waals surface area contributed by atoms with Crippen molar-refractivity contribution in [3.05, 3.63) is 48.6 Å². The van der Waals surface area contributed by atoms with E-state index in [0.29, 0.717) is 19.3 Å². The second-order valence-corrected chi connectivity index (χ2v) is 24.5. The molecule has 0 aromatic heterocycles. The topological polar surface area (TPSA) is 78.9 Å². The second-order valence-electron chi connectivity index (χ2n) is 24.5. The van der Waals surface area contributed by atoms with Crippen LogP contribution < -0.4 is 0 Å². The Hall–Kier alpha value is -2.63. The number of ether oxygens (including phenoxy) is 3. The predicted octanol–water partition coefficient (Wildman–Crippen LogP) is 24.9. The van der Waals surface area contributed by atoms with Gasteiger partial charge >= 0.3 is 17.9 Å². The van der Waals surface area contributed by atoms with Crippen LogP contribution in [-0.4, -0.2) is 37.2 Å². The minimum atomic E-state index is -0.784. The third-order valence-electron chi connectivity index (χ3n) is 16.3. The highest BCUT2D eigenvalue weighted by molar-refractivity contribution is 5.71. The van der Waals surface area contributed by atoms with Gasteiger partial charge in [-0.1, -0.05) is 339 Å². The van der Waals surface area contributed by atoms with Crippen molar-refractivity contribution in [3.63, 3.8) is 0 Å². The van der Waals surface area contributed by atoms with Crippen LogP contribution in [0.1, 0.15) is 393 Å². The Morgan fingerprint density at radius 1 is 0.247 bits per heavy atom. The molecule has 0 bridgehead atoms. The summed E-state index contributed by atoms with van der Waals surface area (Å²) in [5, 5.41) is 0. The molecule has 0 aliphatic carbocycles. The van der Waals surface area contributed by atoms with Crippen molar-refractivity contribution in [1.29, 1.82) is 0 Å². The number of allylic oxidation sites excluding steroid dienone is 8. The highest BCUT2D eigenvalue weighted by Gasteiger charge is 2.19. The van der Waals surface area contributed by atoms with Gasteiger partial charge in [0.25, 0.3) is 0 Å². The van der Waals surface area contributed by atoms with Crippen LogP contribution in [0, 0.1) is 0 Å². The fraction of sp³-hybridized carbons (Fsp3) is 0.853. The lowest BCUT2D eigenvalue weighted by Crippen LogP contribution is -2.30. The van der Waals surface area contributed by atoms with Crippen molar-refractivity contribution in [2.45, 2.75) is 399 Å². The molecule has 0 N–H and O–H groups in total. The van der Waals surface area contributed by atoms with Crippen molar-refractivity contribution in [2.24, 2.45) is 0 Å². The molecule has 0 spiro atoms. The van der Waals surface area contributed by atoms with Gasteiger partial charge in [0.15, 0.2) is 6.10 Å². The van der Waals surface area contributed by atoms with Gasteiger partial charge in [0.2, 0.25) is 0 Å². The molecule has 0 aliphatic rings. The maximum Gasteiger partial charge on any atom is 0.306 e. The van der Waals surface area contributed by atoms with Crippen LogP contribution >= 0.6 is 0 Å². The first-order valence-electron chi connectivity index (χ1n) is 36.1. The van der Waals surface area contributed by atoms with E-state index < -0.39 is 6.10 Å². The molecule has 0 aromatic carbocycles. The summed E-state index contributed by atoms with van der Waals surface area (Å²) in [7, 11) is 0. The van der Waals surface area contributed by atoms with Gasteiger partial charge in [-0.2, -0.15) is 0 Å². The third kappa shape index (κ3) is 68.0. The summed E-state index contributed by atoms with van der Waals surface area (Å²) in [6, 6.07) is 0. The summed E-state index contributed by atoms with van der Waals surface area (Å²) in [6.45, 7) is 6.66. The standard InChI is InChI=1S/C75H138O6/c1-4-7-10-13-16-19-22-25-28-31-33-34-35-36-37-38-39-40-41-43-44-47-50-53-56-59-62-65-68-74(77)80-71-72(70-79-73(76)67-64-61-58-55-52-49-46-30-27-24-21-18-15-12-9-6-3)81-75(78)69-66-63-60-57-54-51-48-45-42-32-29-26-23-20-17-14-11-8-5-2/h17,20,26,29-30,42,45-46,72H,4-16,18-19,21-25,27-28,31-41,43-44,47-71H2,1-3H3/b20-17-,29-26-,45-42-,46-30-. The van der Waals surface area contributed by atoms with Gasteiger partial charge in [0.05, 0.1) is 0 Å². The first-order chi connectivity index (χ1) is 40.0. The van der Waals surface area contributed by atoms with Crippen LogP contribution in [0.15, 0.2) is 48.6 Å². The number of rotatable bonds is 67. The molecule has 0 fully saturated rings. The molecule has 474 valence electrons. The maximum atomic E-state index is 12.9. The molecule has 0 radical (unpaired) electrons. The van der Waals surface area contributed by atoms with Gasteiger partial charge in [-0.15, -0.1) is 0 Å². The Morgan fingerprint density at radius 2 is 0.444 bits per heavy atom. The molecule has 0 aliphatic heterocycles. The van der Waals surface area contributed by atoms with Gasteiger partial charge in [-0.25, -0.2) is 0 Å². The van der Waals surface area contributed by atoms with Crippen molar-refractivity contribution in [3.8, 4) is 0 Å². The Balaban J connectivity index is 4.26. The minimum Gasteiger partial charge on any atom is -0.462 e. The normalized spacial score (nSPS) is 12.3. The quantitative estimate of drug-likeness (QED) is 0.0261. The van der Waals surface area contributed by atoms with Gasteiger partial charge in [0, 0.05) is 19.3 Å². The van der Waals surface area contributed by atoms with Crippen LogP contribution in [0.5, 0.6) is 0 Å². The van der Waals surface area contributed by atoms with Crippen LogP contribution in [0.2, 0.25) is 0 Å². The Kier molecular flexibility index (Phi) is 67.6. The average Bonchev–Trinajstić information content (AvgIpc) is 3.47. The number of esters is 3. The Morgan fingerprint density at radius 3 is 0.728 bits per heavy atom. The highest BCUT2D eigenvalue weighted by Crippen LogP contribution is 2.18. The molecule has 0 rings (SSSR count). The molecule has 0 heterocycles. The molecule has 81 heavy (non-hydrogen) atoms. The second kappa shape index (κ2) is 69.9. The molecular weight excluding hydrogens is 997 g/mol. The molecule has 0 saturated carbocycles. The number of carbonyl (C=O) groups is 3. The van der Waals surface area contributed by atoms with Crippen molar-refractivity contribution in [2.75, 3.05) is 13.2 Å². The summed E-state index contributed by atoms with van der Waals surface area (Å²) in [5.41, 5.74) is 0. The zero-order valence-electron chi connectivity index (χ0n) is 54.6. The zero-order chi connectivity index (χ0) is 58.5. The first-order valence-corrected chi connectivity index (χ1v) is 36.1. The molecule has 6 nitrogen and oxygen atoms in total. The first kappa shape index (κ1) is 78.4. The molecule has 0 saturated heterocycles. The van der Waals surface area contributed by atoms with Crippen LogP contribution in [0.3, 0.4) is 0 Å². The number of unbranched alkanes of at least 4 members (excludes halogenated alkanes) is 48. The summed E-state index contributed by atoms with van der Waals surface area (Å²) < 4.78 is 17.0. The average molecular weight is 1140 g/mol. The van der Waals surface area contributed by atoms with E-state index in [0.717, 1.165) is 83.5 Å². The van der Waals surface area contributed by atoms with E-state index in [1.165, 1.54) is 270 Å². The molecule has 0 aromatic rings. The van der Waals surface area contributed by atoms with E-state index in [2.05, 4.69) is 69.4 Å². The Labute approximate surface area is 505 Å². The van der Waals surface area contributed by atoms with E-state index in [4.69, 9.17) is 14.2 Å². The van der Waals surface area contributed by atoms with Crippen LogP contribution in [-0.2, 0) is 28.6 Å². The molecule has 0 amide bonds. The van der Waals surface area contributed by atoms with Gasteiger partial charge in [-0.3, -0.25) is 14.4 Å². The van der Waals surface area contributed by atoms with Crippen molar-refractivity contribution < 1.29 is 28.6 Å². The fourth-order valence-electron chi connectivity index (χ4n) is 10.9. The number of hydrogen-bond donors (Lipinski definition) is 0. The van der Waals surface area contributed by atoms with Gasteiger partial charge in [-0.05, 0) is 83.5 Å². The van der Waals surface area contributed by atoms with Crippen LogP contribution in [0.25, 0.3) is 0 Å². The van der Waals surface area contributed by atoms with E-state index in [1.807, 2.05) is 0 Å². The van der Waals surface area contributed by atoms with Gasteiger partial charge < -0.3 is 14.2 Å². The number of carbonyl (C=O) groups excluding carboxylic acids is 3. The summed E-state index contributed by atoms with van der Waals surface area (Å²) in [5.74, 6) is -0.873. The minimum absolute atomic E-state index is 0.0772. The predicted molar refractivity (Wildman–Crippen MR) is 353 cm³/mol. The summed E-state index contributed by atoms with van der Waals surface area (Å²) in [6.07, 6.45) is 88.6. The summed E-state index contributed by atoms with van der Waals surface area (Å²) >= 11 is 0. The maximum absolute atomic E-state index is 12.9. The van der Waals surface area contributed by atoms with E-state index >= 15 is 0 Å². The SMILES string of the molecule is CCCCC/C=C\C/C=C\C/C=C\CCCCCCCCC(=O)OC(COC(=O)CCCCCCC/C=C\CCCCCCCCC)COC(=O)CCCCCCCCCCCCCCCCCCCCCCCCCCCCCC. The van der Waals surface area contributed by atoms with E-state index in [-0.39, 0.29) is 31.1 Å². The van der Waals surface area contributed by atoms with Crippen molar-refractivity contribution >= 4 is 17.9 Å². The highest BCUT2D eigenvalue weighted by atomic mass is 16.6. The lowest BCUT2D eigenvalue weighted by molar-refractivity contribution is -0.167. The lowest BCUT2D eigenvalue weighted by atomic mass is 10.0. The lowest BCUT2D eigenvalue weighted by Gasteiger charge is -2.18.